The summed E-state index contributed by atoms with van der Waals surface area (Å²) in [7, 11) is 0. The second-order valence-corrected chi connectivity index (χ2v) is 34.2. The molecule has 0 amide bonds. The summed E-state index contributed by atoms with van der Waals surface area (Å²) in [4.78, 5) is 0. The van der Waals surface area contributed by atoms with Crippen LogP contribution in [0.3, 0.4) is 0 Å². The maximum atomic E-state index is 1.72. The normalized spacial score (nSPS) is 24.0. The van der Waals surface area contributed by atoms with Gasteiger partial charge in [-0.2, -0.15) is 0 Å². The van der Waals surface area contributed by atoms with Gasteiger partial charge in [-0.25, -0.2) is 0 Å². The Bertz CT molecular complexity index is 21.5. The minimum absolute atomic E-state index is 0.760. The molecule has 0 radical (unpaired) electrons. The molecule has 3 heteroatoms. The summed E-state index contributed by atoms with van der Waals surface area (Å²) in [5.41, 5.74) is 0. The predicted octanol–water partition coefficient (Wildman–Crippen LogP) is 0.169. The van der Waals surface area contributed by atoms with E-state index in [1.54, 1.807) is 15.4 Å². The van der Waals surface area contributed by atoms with Gasteiger partial charge in [0.1, 0.15) is 0 Å². The molecular formula is C3H6Te3. The molecule has 6 heavy (non-hydrogen) atoms. The molecule has 0 saturated carbocycles. The van der Waals surface area contributed by atoms with Crippen LogP contribution in [0.25, 0.3) is 0 Å². The maximum absolute atomic E-state index is 1.72. The standard InChI is InChI=1S/C3H6Te3/c1-2-4-6-5-3-1/h1-3H2. The first-order valence-electron chi connectivity index (χ1n) is 1.91. The van der Waals surface area contributed by atoms with Crippen molar-refractivity contribution in [1.82, 2.24) is 0 Å². The van der Waals surface area contributed by atoms with Gasteiger partial charge < -0.3 is 0 Å². The van der Waals surface area contributed by atoms with Crippen LogP contribution in [0.4, 0.5) is 0 Å². The van der Waals surface area contributed by atoms with Crippen LogP contribution in [0.15, 0.2) is 0 Å². The fourth-order valence-corrected chi connectivity index (χ4v) is 38.8. The van der Waals surface area contributed by atoms with Gasteiger partial charge in [-0.1, -0.05) is 0 Å². The van der Waals surface area contributed by atoms with Crippen molar-refractivity contribution < 1.29 is 0 Å². The molecule has 0 bridgehead atoms. The average molecular weight is 425 g/mol. The molecule has 1 aliphatic heterocycles. The summed E-state index contributed by atoms with van der Waals surface area (Å²) >= 11 is 2.35. The van der Waals surface area contributed by atoms with Gasteiger partial charge in [0.2, 0.25) is 0 Å². The topological polar surface area (TPSA) is 0 Å². The quantitative estimate of drug-likeness (QED) is 0.486. The van der Waals surface area contributed by atoms with Crippen molar-refractivity contribution >= 4 is 47.3 Å². The Labute approximate surface area is 61.4 Å². The number of hydrogen-bond donors (Lipinski definition) is 0. The van der Waals surface area contributed by atoms with Crippen LogP contribution in [0.2, 0.25) is 8.94 Å². The predicted molar refractivity (Wildman–Crippen MR) is 31.5 cm³/mol. The molecule has 1 fully saturated rings. The zero-order valence-electron chi connectivity index (χ0n) is 3.35. The van der Waals surface area contributed by atoms with E-state index in [0.717, 1.165) is 47.3 Å². The molecule has 0 aromatic carbocycles. The van der Waals surface area contributed by atoms with E-state index >= 15 is 0 Å². The Morgan fingerprint density at radius 3 is 1.83 bits per heavy atom. The van der Waals surface area contributed by atoms with Crippen molar-refractivity contribution in [3.05, 3.63) is 0 Å². The van der Waals surface area contributed by atoms with Crippen molar-refractivity contribution in [1.29, 1.82) is 0 Å². The number of rotatable bonds is 0. The number of hydrogen-bond acceptors (Lipinski definition) is 0. The first kappa shape index (κ1) is 6.49. The third-order valence-electron chi connectivity index (χ3n) is 0.552. The van der Waals surface area contributed by atoms with Crippen LogP contribution in [0.5, 0.6) is 0 Å². The van der Waals surface area contributed by atoms with Crippen LogP contribution < -0.4 is 0 Å². The van der Waals surface area contributed by atoms with E-state index < -0.39 is 0 Å². The Morgan fingerprint density at radius 2 is 1.67 bits per heavy atom. The van der Waals surface area contributed by atoms with E-state index in [4.69, 9.17) is 0 Å². The van der Waals surface area contributed by atoms with E-state index in [9.17, 15) is 0 Å². The van der Waals surface area contributed by atoms with Gasteiger partial charge in [-0.3, -0.25) is 0 Å². The Hall–Kier alpha value is 2.37. The van der Waals surface area contributed by atoms with Gasteiger partial charge in [0, 0.05) is 0 Å². The molecule has 0 aliphatic carbocycles. The molecule has 0 unspecified atom stereocenters. The summed E-state index contributed by atoms with van der Waals surface area (Å²) in [6.45, 7) is 0. The van der Waals surface area contributed by atoms with Crippen LogP contribution in [-0.2, 0) is 0 Å². The summed E-state index contributed by atoms with van der Waals surface area (Å²) < 4.78 is 3.44. The average Bonchev–Trinajstić information content (AvgIpc) is 1.72. The summed E-state index contributed by atoms with van der Waals surface area (Å²) in [6, 6.07) is 0. The Morgan fingerprint density at radius 1 is 1.00 bits per heavy atom. The molecule has 36 valence electrons. The van der Waals surface area contributed by atoms with Crippen molar-refractivity contribution in [2.24, 2.45) is 0 Å². The Balaban J connectivity index is 2.00. The van der Waals surface area contributed by atoms with E-state index in [-0.39, 0.29) is 0 Å². The van der Waals surface area contributed by atoms with Gasteiger partial charge in [-0.05, 0) is 0 Å². The van der Waals surface area contributed by atoms with Crippen LogP contribution in [0.1, 0.15) is 6.42 Å². The van der Waals surface area contributed by atoms with Gasteiger partial charge in [0.25, 0.3) is 0 Å². The van der Waals surface area contributed by atoms with Crippen LogP contribution in [0, 0.1) is 0 Å². The molecule has 0 spiro atoms. The minimum atomic E-state index is 0.760. The third-order valence-corrected chi connectivity index (χ3v) is 38.5. The van der Waals surface area contributed by atoms with E-state index in [2.05, 4.69) is 0 Å². The molecule has 0 N–H and O–H groups in total. The fraction of sp³-hybridized carbons (Fsp3) is 1.00. The van der Waals surface area contributed by atoms with E-state index in [0.29, 0.717) is 0 Å². The second kappa shape index (κ2) is 4.27. The summed E-state index contributed by atoms with van der Waals surface area (Å²) in [5, 5.41) is 0. The first-order chi connectivity index (χ1) is 3.00. The van der Waals surface area contributed by atoms with Crippen molar-refractivity contribution in [3.63, 3.8) is 0 Å². The summed E-state index contributed by atoms with van der Waals surface area (Å²) in [5.74, 6) is 0. The zero-order valence-corrected chi connectivity index (χ0v) is 10.3. The molecule has 1 saturated heterocycles. The zero-order chi connectivity index (χ0) is 4.24. The van der Waals surface area contributed by atoms with Crippen molar-refractivity contribution in [3.8, 4) is 0 Å². The SMILES string of the molecule is C1C[Te][Te][Te]C1. The molecule has 0 aromatic heterocycles. The fourth-order valence-electron chi connectivity index (χ4n) is 0.279. The molecule has 1 heterocycles. The molecule has 0 atom stereocenters. The molecule has 0 aromatic rings. The Kier molecular flexibility index (Phi) is 4.61. The first-order valence-corrected chi connectivity index (χ1v) is 19.9. The molecule has 1 rings (SSSR count). The van der Waals surface area contributed by atoms with Gasteiger partial charge in [0.05, 0.1) is 0 Å². The van der Waals surface area contributed by atoms with Gasteiger partial charge in [0.15, 0.2) is 0 Å². The van der Waals surface area contributed by atoms with Gasteiger partial charge >= 0.3 is 62.7 Å². The van der Waals surface area contributed by atoms with Crippen LogP contribution in [-0.4, -0.2) is 47.3 Å². The van der Waals surface area contributed by atoms with Crippen LogP contribution >= 0.6 is 0 Å². The molecular weight excluding hydrogens is 419 g/mol. The van der Waals surface area contributed by atoms with E-state index in [1.807, 2.05) is 0 Å². The van der Waals surface area contributed by atoms with Gasteiger partial charge in [-0.15, -0.1) is 0 Å². The molecule has 0 nitrogen and oxygen atoms in total. The second-order valence-electron chi connectivity index (χ2n) is 1.07. The van der Waals surface area contributed by atoms with Crippen molar-refractivity contribution in [2.45, 2.75) is 15.4 Å². The molecule has 1 aliphatic rings. The van der Waals surface area contributed by atoms with Crippen molar-refractivity contribution in [2.75, 3.05) is 0 Å². The third kappa shape index (κ3) is 2.62. The summed E-state index contributed by atoms with van der Waals surface area (Å²) in [6.07, 6.45) is 1.65. The monoisotopic (exact) mass is 432 g/mol. The van der Waals surface area contributed by atoms with E-state index in [1.165, 1.54) is 0 Å².